The van der Waals surface area contributed by atoms with Gasteiger partial charge in [-0.15, -0.1) is 0 Å². The summed E-state index contributed by atoms with van der Waals surface area (Å²) in [6.45, 7) is -0.952. The highest BCUT2D eigenvalue weighted by Crippen LogP contribution is 2.36. The number of nitro groups is 1. The second-order valence-corrected chi connectivity index (χ2v) is 6.60. The van der Waals surface area contributed by atoms with Crippen LogP contribution in [0.4, 0.5) is 20.2 Å². The summed E-state index contributed by atoms with van der Waals surface area (Å²) in [6, 6.07) is 8.51. The molecule has 0 aromatic heterocycles. The largest absolute Gasteiger partial charge is 0.493 e. The van der Waals surface area contributed by atoms with Crippen LogP contribution in [0.25, 0.3) is 0 Å². The predicted octanol–water partition coefficient (Wildman–Crippen LogP) is 4.15. The van der Waals surface area contributed by atoms with Gasteiger partial charge in [-0.1, -0.05) is 0 Å². The Morgan fingerprint density at radius 1 is 1.26 bits per heavy atom. The summed E-state index contributed by atoms with van der Waals surface area (Å²) in [7, 11) is 1.20. The van der Waals surface area contributed by atoms with Crippen molar-refractivity contribution in [3.63, 3.8) is 0 Å². The zero-order valence-corrected chi connectivity index (χ0v) is 16.7. The van der Waals surface area contributed by atoms with Crippen molar-refractivity contribution < 1.29 is 32.7 Å². The number of ether oxygens (including phenoxy) is 3. The van der Waals surface area contributed by atoms with Gasteiger partial charge in [0.1, 0.15) is 6.61 Å². The molecule has 0 bridgehead atoms. The number of esters is 1. The van der Waals surface area contributed by atoms with Gasteiger partial charge in [-0.25, -0.2) is 4.79 Å². The maximum absolute atomic E-state index is 12.5. The molecule has 2 aromatic rings. The quantitative estimate of drug-likeness (QED) is 0.349. The Hall–Kier alpha value is -3.76. The second-order valence-electron chi connectivity index (χ2n) is 6.60. The van der Waals surface area contributed by atoms with Gasteiger partial charge >= 0.3 is 12.6 Å². The number of carbonyl (C=O) groups excluding carboxylic acids is 1. The predicted molar refractivity (Wildman–Crippen MR) is 107 cm³/mol. The molecule has 0 saturated heterocycles. The van der Waals surface area contributed by atoms with E-state index in [9.17, 15) is 23.7 Å². The number of methoxy groups -OCH3 is 1. The van der Waals surface area contributed by atoms with Gasteiger partial charge in [0.25, 0.3) is 5.69 Å². The Morgan fingerprint density at radius 2 is 1.97 bits per heavy atom. The van der Waals surface area contributed by atoms with Crippen molar-refractivity contribution in [1.29, 1.82) is 0 Å². The number of anilines is 1. The SMILES string of the molecule is COc1cc(COC(=O)c2ccc(N3CCC(C)=N3)cc2)c([N+](=O)[O-])cc1OC(F)F. The minimum absolute atomic E-state index is 0.0321. The first kappa shape index (κ1) is 21.9. The summed E-state index contributed by atoms with van der Waals surface area (Å²) >= 11 is 0. The van der Waals surface area contributed by atoms with E-state index in [1.54, 1.807) is 24.3 Å². The van der Waals surface area contributed by atoms with Crippen LogP contribution in [0, 0.1) is 10.1 Å². The van der Waals surface area contributed by atoms with Crippen LogP contribution in [0.2, 0.25) is 0 Å². The number of nitrogens with zero attached hydrogens (tertiary/aromatic N) is 3. The van der Waals surface area contributed by atoms with Gasteiger partial charge < -0.3 is 14.2 Å². The number of nitro benzene ring substituents is 1. The number of hydrogen-bond donors (Lipinski definition) is 0. The molecule has 0 amide bonds. The van der Waals surface area contributed by atoms with Crippen LogP contribution in [0.5, 0.6) is 11.5 Å². The van der Waals surface area contributed by atoms with Crippen LogP contribution < -0.4 is 14.5 Å². The van der Waals surface area contributed by atoms with E-state index < -0.39 is 35.5 Å². The van der Waals surface area contributed by atoms with E-state index in [0.717, 1.165) is 36.5 Å². The van der Waals surface area contributed by atoms with Gasteiger partial charge in [0.15, 0.2) is 11.5 Å². The molecule has 0 saturated carbocycles. The van der Waals surface area contributed by atoms with Crippen molar-refractivity contribution >= 4 is 23.1 Å². The van der Waals surface area contributed by atoms with Gasteiger partial charge in [-0.05, 0) is 37.3 Å². The number of hydrogen-bond acceptors (Lipinski definition) is 8. The normalized spacial score (nSPS) is 13.2. The van der Waals surface area contributed by atoms with E-state index >= 15 is 0 Å². The summed E-state index contributed by atoms with van der Waals surface area (Å²) in [5.74, 6) is -1.34. The van der Waals surface area contributed by atoms with E-state index in [4.69, 9.17) is 9.47 Å². The van der Waals surface area contributed by atoms with Gasteiger partial charge in [-0.2, -0.15) is 13.9 Å². The third-order valence-corrected chi connectivity index (χ3v) is 4.51. The molecule has 0 radical (unpaired) electrons. The number of hydrazone groups is 1. The highest BCUT2D eigenvalue weighted by Gasteiger charge is 2.23. The van der Waals surface area contributed by atoms with E-state index in [-0.39, 0.29) is 16.9 Å². The number of alkyl halides is 2. The summed E-state index contributed by atoms with van der Waals surface area (Å²) in [5, 5.41) is 17.5. The van der Waals surface area contributed by atoms with Crippen LogP contribution in [-0.4, -0.2) is 36.9 Å². The Bertz CT molecular complexity index is 1010. The molecule has 0 N–H and O–H groups in total. The first-order chi connectivity index (χ1) is 14.8. The van der Waals surface area contributed by atoms with E-state index in [1.807, 2.05) is 11.9 Å². The van der Waals surface area contributed by atoms with Crippen LogP contribution >= 0.6 is 0 Å². The molecular formula is C20H19F2N3O6. The lowest BCUT2D eigenvalue weighted by molar-refractivity contribution is -0.386. The lowest BCUT2D eigenvalue weighted by atomic mass is 10.1. The molecule has 31 heavy (non-hydrogen) atoms. The Labute approximate surface area is 176 Å². The lowest BCUT2D eigenvalue weighted by Crippen LogP contribution is -2.12. The minimum Gasteiger partial charge on any atom is -0.493 e. The zero-order valence-electron chi connectivity index (χ0n) is 16.7. The van der Waals surface area contributed by atoms with Crippen molar-refractivity contribution in [3.05, 3.63) is 57.6 Å². The third-order valence-electron chi connectivity index (χ3n) is 4.51. The number of benzene rings is 2. The van der Waals surface area contributed by atoms with Crippen molar-refractivity contribution in [2.24, 2.45) is 5.10 Å². The lowest BCUT2D eigenvalue weighted by Gasteiger charge is -2.14. The first-order valence-corrected chi connectivity index (χ1v) is 9.17. The van der Waals surface area contributed by atoms with Crippen LogP contribution in [0.1, 0.15) is 29.3 Å². The Morgan fingerprint density at radius 3 is 2.52 bits per heavy atom. The monoisotopic (exact) mass is 435 g/mol. The Kier molecular flexibility index (Phi) is 6.63. The highest BCUT2D eigenvalue weighted by atomic mass is 19.3. The number of halogens is 2. The molecule has 0 fully saturated rings. The summed E-state index contributed by atoms with van der Waals surface area (Å²) in [4.78, 5) is 22.9. The number of carbonyl (C=O) groups is 1. The number of rotatable bonds is 8. The smallest absolute Gasteiger partial charge is 0.387 e. The maximum atomic E-state index is 12.5. The molecule has 3 rings (SSSR count). The fourth-order valence-electron chi connectivity index (χ4n) is 2.98. The van der Waals surface area contributed by atoms with Crippen molar-refractivity contribution in [2.75, 3.05) is 18.7 Å². The third kappa shape index (κ3) is 5.24. The molecule has 0 aliphatic carbocycles. The van der Waals surface area contributed by atoms with Gasteiger partial charge in [0.2, 0.25) is 0 Å². The molecule has 2 aromatic carbocycles. The summed E-state index contributed by atoms with van der Waals surface area (Å²) < 4.78 is 39.4. The van der Waals surface area contributed by atoms with Crippen LogP contribution in [-0.2, 0) is 11.3 Å². The van der Waals surface area contributed by atoms with E-state index in [0.29, 0.717) is 0 Å². The molecule has 164 valence electrons. The zero-order chi connectivity index (χ0) is 22.5. The average molecular weight is 435 g/mol. The fraction of sp³-hybridized carbons (Fsp3) is 0.300. The molecule has 1 heterocycles. The molecule has 0 spiro atoms. The minimum atomic E-state index is -3.18. The first-order valence-electron chi connectivity index (χ1n) is 9.17. The van der Waals surface area contributed by atoms with Crippen LogP contribution in [0.15, 0.2) is 41.5 Å². The maximum Gasteiger partial charge on any atom is 0.387 e. The molecule has 0 unspecified atom stereocenters. The molecule has 1 aliphatic rings. The topological polar surface area (TPSA) is 104 Å². The van der Waals surface area contributed by atoms with Crippen LogP contribution in [0.3, 0.4) is 0 Å². The Balaban J connectivity index is 1.73. The van der Waals surface area contributed by atoms with Gasteiger partial charge in [0.05, 0.1) is 34.9 Å². The summed E-state index contributed by atoms with van der Waals surface area (Å²) in [5.41, 5.74) is 1.52. The summed E-state index contributed by atoms with van der Waals surface area (Å²) in [6.07, 6.45) is 0.868. The van der Waals surface area contributed by atoms with E-state index in [2.05, 4.69) is 9.84 Å². The molecular weight excluding hydrogens is 416 g/mol. The van der Waals surface area contributed by atoms with E-state index in [1.165, 1.54) is 7.11 Å². The molecule has 0 atom stereocenters. The second kappa shape index (κ2) is 9.37. The van der Waals surface area contributed by atoms with Crippen molar-refractivity contribution in [2.45, 2.75) is 26.6 Å². The average Bonchev–Trinajstić information content (AvgIpc) is 3.18. The van der Waals surface area contributed by atoms with Gasteiger partial charge in [-0.3, -0.25) is 15.1 Å². The van der Waals surface area contributed by atoms with Crippen molar-refractivity contribution in [1.82, 2.24) is 0 Å². The standard InChI is InChI=1S/C20H19F2N3O6/c1-12-7-8-24(23-12)15-5-3-13(4-6-15)19(26)30-11-14-9-17(29-2)18(31-20(21)22)10-16(14)25(27)28/h3-6,9-10,20H,7-8,11H2,1-2H3. The van der Waals surface area contributed by atoms with Gasteiger partial charge in [0, 0.05) is 18.7 Å². The molecule has 1 aliphatic heterocycles. The molecule has 11 heteroatoms. The molecule has 9 nitrogen and oxygen atoms in total. The highest BCUT2D eigenvalue weighted by molar-refractivity contribution is 5.90. The van der Waals surface area contributed by atoms with Crippen molar-refractivity contribution in [3.8, 4) is 11.5 Å². The fourth-order valence-corrected chi connectivity index (χ4v) is 2.98.